The van der Waals surface area contributed by atoms with Gasteiger partial charge in [-0.15, -0.1) is 0 Å². The molecule has 0 radical (unpaired) electrons. The number of ether oxygens (including phenoxy) is 1. The van der Waals surface area contributed by atoms with Crippen LogP contribution in [0, 0.1) is 0 Å². The van der Waals surface area contributed by atoms with Crippen molar-refractivity contribution in [2.24, 2.45) is 0 Å². The second kappa shape index (κ2) is 5.71. The number of hydrogen-bond acceptors (Lipinski definition) is 5. The van der Waals surface area contributed by atoms with Gasteiger partial charge in [-0.05, 0) is 12.8 Å². The molecular weight excluding hydrogens is 254 g/mol. The Labute approximate surface area is 112 Å². The summed E-state index contributed by atoms with van der Waals surface area (Å²) in [7, 11) is 1.51. The van der Waals surface area contributed by atoms with Gasteiger partial charge >= 0.3 is 6.01 Å². The molecule has 2 rings (SSSR count). The van der Waals surface area contributed by atoms with E-state index in [2.05, 4.69) is 15.3 Å². The number of halogens is 1. The average Bonchev–Trinajstić information content (AvgIpc) is 2.42. The van der Waals surface area contributed by atoms with Crippen LogP contribution < -0.4 is 10.1 Å². The molecule has 0 amide bonds. The summed E-state index contributed by atoms with van der Waals surface area (Å²) >= 11 is 6.07. The van der Waals surface area contributed by atoms with Gasteiger partial charge in [0.05, 0.1) is 25.5 Å². The van der Waals surface area contributed by atoms with Crippen LogP contribution in [0.4, 0.5) is 5.82 Å². The topological polar surface area (TPSA) is 67.3 Å². The molecule has 0 saturated heterocycles. The van der Waals surface area contributed by atoms with Crippen LogP contribution in [0.25, 0.3) is 0 Å². The zero-order valence-electron chi connectivity index (χ0n) is 10.4. The number of aliphatic hydroxyl groups excluding tert-OH is 1. The highest BCUT2D eigenvalue weighted by Gasteiger charge is 2.32. The minimum atomic E-state index is -0.318. The van der Waals surface area contributed by atoms with E-state index in [0.29, 0.717) is 10.8 Å². The molecule has 100 valence electrons. The maximum atomic E-state index is 9.64. The Morgan fingerprint density at radius 3 is 2.78 bits per heavy atom. The van der Waals surface area contributed by atoms with Crippen LogP contribution in [0.15, 0.2) is 6.20 Å². The molecule has 0 bridgehead atoms. The van der Waals surface area contributed by atoms with Gasteiger partial charge in [0.1, 0.15) is 5.02 Å². The van der Waals surface area contributed by atoms with Crippen molar-refractivity contribution in [2.45, 2.75) is 37.6 Å². The third-order valence-electron chi connectivity index (χ3n) is 3.40. The molecular formula is C12H18ClN3O2. The van der Waals surface area contributed by atoms with E-state index in [1.807, 2.05) is 0 Å². The summed E-state index contributed by atoms with van der Waals surface area (Å²) in [5, 5.41) is 13.4. The summed E-state index contributed by atoms with van der Waals surface area (Å²) in [6, 6.07) is 0.269. The van der Waals surface area contributed by atoms with E-state index >= 15 is 0 Å². The molecule has 0 unspecified atom stereocenters. The van der Waals surface area contributed by atoms with E-state index in [9.17, 15) is 5.11 Å². The quantitative estimate of drug-likeness (QED) is 0.879. The lowest BCUT2D eigenvalue weighted by Crippen LogP contribution is -2.44. The van der Waals surface area contributed by atoms with E-state index in [4.69, 9.17) is 16.3 Å². The van der Waals surface area contributed by atoms with Crippen LogP contribution in [-0.4, -0.2) is 34.3 Å². The molecule has 1 aromatic rings. The van der Waals surface area contributed by atoms with E-state index in [1.54, 1.807) is 0 Å². The number of anilines is 1. The van der Waals surface area contributed by atoms with Crippen molar-refractivity contribution in [1.82, 2.24) is 9.97 Å². The lowest BCUT2D eigenvalue weighted by molar-refractivity contribution is 0.172. The Balaban J connectivity index is 2.20. The zero-order valence-corrected chi connectivity index (χ0v) is 11.2. The van der Waals surface area contributed by atoms with Gasteiger partial charge in [-0.3, -0.25) is 0 Å². The van der Waals surface area contributed by atoms with Gasteiger partial charge in [-0.1, -0.05) is 30.9 Å². The highest BCUT2D eigenvalue weighted by molar-refractivity contribution is 6.32. The predicted molar refractivity (Wildman–Crippen MR) is 70.1 cm³/mol. The summed E-state index contributed by atoms with van der Waals surface area (Å²) in [5.41, 5.74) is -0.318. The Morgan fingerprint density at radius 1 is 1.44 bits per heavy atom. The molecule has 2 N–H and O–H groups in total. The fourth-order valence-corrected chi connectivity index (χ4v) is 2.48. The Bertz CT molecular complexity index is 408. The van der Waals surface area contributed by atoms with Crippen LogP contribution >= 0.6 is 11.6 Å². The number of aliphatic hydroxyl groups is 1. The summed E-state index contributed by atoms with van der Waals surface area (Å²) in [4.78, 5) is 8.12. The lowest BCUT2D eigenvalue weighted by atomic mass is 9.82. The van der Waals surface area contributed by atoms with E-state index in [0.717, 1.165) is 25.7 Å². The lowest BCUT2D eigenvalue weighted by Gasteiger charge is -2.37. The normalized spacial score (nSPS) is 18.4. The first-order valence-electron chi connectivity index (χ1n) is 6.15. The number of nitrogens with one attached hydrogen (secondary N) is 1. The molecule has 1 aromatic heterocycles. The molecule has 1 heterocycles. The first-order valence-corrected chi connectivity index (χ1v) is 6.52. The first-order chi connectivity index (χ1) is 8.69. The van der Waals surface area contributed by atoms with Gasteiger partial charge in [0, 0.05) is 0 Å². The average molecular weight is 272 g/mol. The van der Waals surface area contributed by atoms with Crippen molar-refractivity contribution >= 4 is 17.4 Å². The van der Waals surface area contributed by atoms with Crippen molar-refractivity contribution < 1.29 is 9.84 Å². The second-order valence-corrected chi connectivity index (χ2v) is 5.08. The smallest absolute Gasteiger partial charge is 0.318 e. The number of aromatic nitrogens is 2. The fraction of sp³-hybridized carbons (Fsp3) is 0.667. The molecule has 5 nitrogen and oxygen atoms in total. The highest BCUT2D eigenvalue weighted by Crippen LogP contribution is 2.33. The van der Waals surface area contributed by atoms with E-state index < -0.39 is 0 Å². The van der Waals surface area contributed by atoms with E-state index in [-0.39, 0.29) is 18.2 Å². The summed E-state index contributed by atoms with van der Waals surface area (Å²) in [6.45, 7) is 0.0790. The van der Waals surface area contributed by atoms with Crippen molar-refractivity contribution in [1.29, 1.82) is 0 Å². The van der Waals surface area contributed by atoms with Crippen molar-refractivity contribution in [2.75, 3.05) is 19.0 Å². The molecule has 0 aromatic carbocycles. The minimum absolute atomic E-state index is 0.0790. The largest absolute Gasteiger partial charge is 0.467 e. The number of hydrogen-bond donors (Lipinski definition) is 2. The SMILES string of the molecule is COc1ncc(Cl)c(NC2(CO)CCCCC2)n1. The molecule has 18 heavy (non-hydrogen) atoms. The predicted octanol–water partition coefficient (Wildman–Crippen LogP) is 2.25. The number of methoxy groups -OCH3 is 1. The highest BCUT2D eigenvalue weighted by atomic mass is 35.5. The van der Waals surface area contributed by atoms with Crippen LogP contribution in [-0.2, 0) is 0 Å². The third kappa shape index (κ3) is 2.84. The van der Waals surface area contributed by atoms with Gasteiger partial charge in [0.25, 0.3) is 0 Å². The Kier molecular flexibility index (Phi) is 4.24. The van der Waals surface area contributed by atoms with E-state index in [1.165, 1.54) is 19.7 Å². The summed E-state index contributed by atoms with van der Waals surface area (Å²) < 4.78 is 4.98. The number of nitrogens with zero attached hydrogens (tertiary/aromatic N) is 2. The standard InChI is InChI=1S/C12H18ClN3O2/c1-18-11-14-7-9(13)10(15-11)16-12(8-17)5-3-2-4-6-12/h7,17H,2-6,8H2,1H3,(H,14,15,16). The van der Waals surface area contributed by atoms with Crippen molar-refractivity contribution in [3.63, 3.8) is 0 Å². The fourth-order valence-electron chi connectivity index (χ4n) is 2.34. The maximum Gasteiger partial charge on any atom is 0.318 e. The zero-order chi connectivity index (χ0) is 13.0. The van der Waals surface area contributed by atoms with Crippen LogP contribution in [0.2, 0.25) is 5.02 Å². The third-order valence-corrected chi connectivity index (χ3v) is 3.68. The Hall–Kier alpha value is -1.07. The van der Waals surface area contributed by atoms with Gasteiger partial charge < -0.3 is 15.2 Å². The van der Waals surface area contributed by atoms with Gasteiger partial charge in [-0.2, -0.15) is 4.98 Å². The first kappa shape index (κ1) is 13.4. The maximum absolute atomic E-state index is 9.64. The molecule has 1 aliphatic carbocycles. The van der Waals surface area contributed by atoms with Crippen molar-refractivity contribution in [3.05, 3.63) is 11.2 Å². The van der Waals surface area contributed by atoms with Crippen molar-refractivity contribution in [3.8, 4) is 6.01 Å². The molecule has 0 atom stereocenters. The molecule has 1 fully saturated rings. The van der Waals surface area contributed by atoms with Crippen LogP contribution in [0.3, 0.4) is 0 Å². The number of rotatable bonds is 4. The molecule has 6 heteroatoms. The van der Waals surface area contributed by atoms with Gasteiger partial charge in [0.15, 0.2) is 5.82 Å². The summed E-state index contributed by atoms with van der Waals surface area (Å²) in [6.07, 6.45) is 6.77. The monoisotopic (exact) mass is 271 g/mol. The minimum Gasteiger partial charge on any atom is -0.467 e. The molecule has 1 aliphatic rings. The van der Waals surface area contributed by atoms with Crippen LogP contribution in [0.1, 0.15) is 32.1 Å². The van der Waals surface area contributed by atoms with Gasteiger partial charge in [0.2, 0.25) is 0 Å². The molecule has 1 saturated carbocycles. The van der Waals surface area contributed by atoms with Gasteiger partial charge in [-0.25, -0.2) is 4.98 Å². The second-order valence-electron chi connectivity index (χ2n) is 4.68. The van der Waals surface area contributed by atoms with Crippen LogP contribution in [0.5, 0.6) is 6.01 Å². The Morgan fingerprint density at radius 2 is 2.17 bits per heavy atom. The molecule has 0 aliphatic heterocycles. The summed E-state index contributed by atoms with van der Waals surface area (Å²) in [5.74, 6) is 0.527. The molecule has 0 spiro atoms.